The Morgan fingerprint density at radius 3 is 2.51 bits per heavy atom. The summed E-state index contributed by atoms with van der Waals surface area (Å²) in [5.74, 6) is 2.69. The maximum atomic E-state index is 13.3. The summed E-state index contributed by atoms with van der Waals surface area (Å²) in [6.07, 6.45) is 11.8. The van der Waals surface area contributed by atoms with Gasteiger partial charge in [0.05, 0.1) is 5.52 Å². The molecule has 0 spiro atoms. The highest BCUT2D eigenvalue weighted by Crippen LogP contribution is 2.34. The fourth-order valence-corrected chi connectivity index (χ4v) is 5.56. The topological polar surface area (TPSA) is 58.1 Å². The number of rotatable bonds is 8. The van der Waals surface area contributed by atoms with E-state index < -0.39 is 0 Å². The Bertz CT molecular complexity index is 1220. The smallest absolute Gasteiger partial charge is 0.223 e. The lowest BCUT2D eigenvalue weighted by Gasteiger charge is -2.27. The zero-order valence-electron chi connectivity index (χ0n) is 20.8. The summed E-state index contributed by atoms with van der Waals surface area (Å²) in [6, 6.07) is 16.2. The molecule has 1 heterocycles. The molecule has 0 atom stereocenters. The van der Waals surface area contributed by atoms with E-state index in [0.29, 0.717) is 30.5 Å². The van der Waals surface area contributed by atoms with E-state index in [2.05, 4.69) is 57.7 Å². The van der Waals surface area contributed by atoms with E-state index in [-0.39, 0.29) is 0 Å². The molecule has 3 fully saturated rings. The molecule has 1 N–H and O–H groups in total. The van der Waals surface area contributed by atoms with Gasteiger partial charge in [0.1, 0.15) is 11.6 Å². The number of hydrogen-bond donors (Lipinski definition) is 1. The minimum absolute atomic E-state index is 0.360. The number of hydrogen-bond acceptors (Lipinski definition) is 4. The fourth-order valence-electron chi connectivity index (χ4n) is 5.56. The lowest BCUT2D eigenvalue weighted by atomic mass is 9.86. The molecule has 6 rings (SSSR count). The van der Waals surface area contributed by atoms with E-state index in [9.17, 15) is 4.79 Å². The first kappa shape index (κ1) is 22.5. The van der Waals surface area contributed by atoms with Gasteiger partial charge in [-0.3, -0.25) is 4.79 Å². The zero-order chi connectivity index (χ0) is 23.8. The van der Waals surface area contributed by atoms with Gasteiger partial charge in [-0.1, -0.05) is 43.5 Å². The number of amides is 1. The maximum Gasteiger partial charge on any atom is 0.223 e. The van der Waals surface area contributed by atoms with E-state index in [0.717, 1.165) is 47.4 Å². The van der Waals surface area contributed by atoms with Crippen molar-refractivity contribution in [3.63, 3.8) is 0 Å². The largest absolute Gasteiger partial charge is 0.367 e. The van der Waals surface area contributed by atoms with E-state index in [1.54, 1.807) is 0 Å². The van der Waals surface area contributed by atoms with Gasteiger partial charge in [-0.25, -0.2) is 9.97 Å². The first-order chi connectivity index (χ1) is 17.1. The average molecular weight is 469 g/mol. The molecule has 182 valence electrons. The van der Waals surface area contributed by atoms with Crippen LogP contribution in [0, 0.1) is 12.8 Å². The Balaban J connectivity index is 1.23. The molecule has 0 unspecified atom stereocenters. The van der Waals surface area contributed by atoms with Gasteiger partial charge in [0.2, 0.25) is 5.91 Å². The summed E-state index contributed by atoms with van der Waals surface area (Å²) in [6.45, 7) is 2.67. The van der Waals surface area contributed by atoms with Crippen LogP contribution in [0.3, 0.4) is 0 Å². The summed E-state index contributed by atoms with van der Waals surface area (Å²) in [4.78, 5) is 24.8. The normalized spacial score (nSPS) is 18.5. The quantitative estimate of drug-likeness (QED) is 0.402. The molecule has 5 heteroatoms. The molecule has 0 radical (unpaired) electrons. The van der Waals surface area contributed by atoms with Crippen molar-refractivity contribution >= 4 is 22.6 Å². The van der Waals surface area contributed by atoms with Crippen LogP contribution >= 0.6 is 0 Å². The van der Waals surface area contributed by atoms with Crippen LogP contribution in [0.25, 0.3) is 22.0 Å². The summed E-state index contributed by atoms with van der Waals surface area (Å²) >= 11 is 0. The molecule has 0 bridgehead atoms. The predicted molar refractivity (Wildman–Crippen MR) is 141 cm³/mol. The number of aryl methyl sites for hydroxylation is 1. The molecule has 35 heavy (non-hydrogen) atoms. The Hall–Kier alpha value is -2.95. The van der Waals surface area contributed by atoms with E-state index in [1.165, 1.54) is 56.1 Å². The maximum absolute atomic E-state index is 13.3. The SMILES string of the molecule is Cc1nc(NC2CC2)c2cc(-c3cccc(CN(C(=O)CC4CCCCC4)C4CC4)c3)ccc2n1. The molecule has 2 aromatic carbocycles. The molecule has 1 amide bonds. The second-order valence-electron chi connectivity index (χ2n) is 10.9. The molecule has 3 aromatic rings. The third-order valence-electron chi connectivity index (χ3n) is 7.83. The van der Waals surface area contributed by atoms with E-state index >= 15 is 0 Å². The highest BCUT2D eigenvalue weighted by Gasteiger charge is 2.33. The zero-order valence-corrected chi connectivity index (χ0v) is 20.8. The van der Waals surface area contributed by atoms with Crippen LogP contribution in [0.2, 0.25) is 0 Å². The molecule has 3 aliphatic rings. The Morgan fingerprint density at radius 1 is 0.943 bits per heavy atom. The van der Waals surface area contributed by atoms with Crippen LogP contribution in [0.4, 0.5) is 5.82 Å². The van der Waals surface area contributed by atoms with Crippen molar-refractivity contribution in [3.05, 3.63) is 53.9 Å². The monoisotopic (exact) mass is 468 g/mol. The van der Waals surface area contributed by atoms with E-state index in [4.69, 9.17) is 4.98 Å². The van der Waals surface area contributed by atoms with Gasteiger partial charge >= 0.3 is 0 Å². The van der Waals surface area contributed by atoms with Crippen molar-refractivity contribution in [2.45, 2.75) is 89.8 Å². The van der Waals surface area contributed by atoms with E-state index in [1.807, 2.05) is 6.92 Å². The minimum atomic E-state index is 0.360. The number of nitrogens with one attached hydrogen (secondary N) is 1. The number of fused-ring (bicyclic) bond motifs is 1. The predicted octanol–water partition coefficient (Wildman–Crippen LogP) is 6.64. The second-order valence-corrected chi connectivity index (χ2v) is 10.9. The van der Waals surface area contributed by atoms with Gasteiger partial charge in [0.15, 0.2) is 0 Å². The molecule has 1 aromatic heterocycles. The van der Waals surface area contributed by atoms with Gasteiger partial charge in [-0.05, 0) is 86.3 Å². The fraction of sp³-hybridized carbons (Fsp3) is 0.500. The van der Waals surface area contributed by atoms with Gasteiger partial charge in [0.25, 0.3) is 0 Å². The average Bonchev–Trinajstić information content (AvgIpc) is 3.79. The Labute approximate surface area is 208 Å². The molecular formula is C30H36N4O. The highest BCUT2D eigenvalue weighted by molar-refractivity contribution is 5.93. The molecule has 3 saturated carbocycles. The molecular weight excluding hydrogens is 432 g/mol. The summed E-state index contributed by atoms with van der Waals surface area (Å²) in [5.41, 5.74) is 4.53. The number of nitrogens with zero attached hydrogens (tertiary/aromatic N) is 3. The number of aromatic nitrogens is 2. The third kappa shape index (κ3) is 5.34. The van der Waals surface area contributed by atoms with Crippen molar-refractivity contribution in [3.8, 4) is 11.1 Å². The van der Waals surface area contributed by atoms with Crippen molar-refractivity contribution in [1.29, 1.82) is 0 Å². The van der Waals surface area contributed by atoms with Crippen LogP contribution in [0.15, 0.2) is 42.5 Å². The Morgan fingerprint density at radius 2 is 1.74 bits per heavy atom. The first-order valence-corrected chi connectivity index (χ1v) is 13.6. The summed E-state index contributed by atoms with van der Waals surface area (Å²) < 4.78 is 0. The lowest BCUT2D eigenvalue weighted by Crippen LogP contribution is -2.34. The standard InChI is InChI=1S/C30H36N4O/c1-20-31-28-15-10-24(18-27(28)30(32-20)33-25-11-12-25)23-9-5-8-22(16-23)19-34(26-13-14-26)29(35)17-21-6-3-2-4-7-21/h5,8-10,15-16,18,21,25-26H,2-4,6-7,11-14,17,19H2,1H3,(H,31,32,33). The first-order valence-electron chi connectivity index (χ1n) is 13.6. The minimum Gasteiger partial charge on any atom is -0.367 e. The van der Waals surface area contributed by atoms with Gasteiger partial charge in [0, 0.05) is 30.4 Å². The number of anilines is 1. The van der Waals surface area contributed by atoms with Crippen LogP contribution < -0.4 is 5.32 Å². The lowest BCUT2D eigenvalue weighted by molar-refractivity contribution is -0.133. The number of carbonyl (C=O) groups excluding carboxylic acids is 1. The summed E-state index contributed by atoms with van der Waals surface area (Å²) in [5, 5.41) is 4.66. The van der Waals surface area contributed by atoms with Crippen molar-refractivity contribution in [1.82, 2.24) is 14.9 Å². The second kappa shape index (κ2) is 9.60. The van der Waals surface area contributed by atoms with Crippen LogP contribution in [-0.2, 0) is 11.3 Å². The molecule has 3 aliphatic carbocycles. The number of benzene rings is 2. The molecule has 0 saturated heterocycles. The summed E-state index contributed by atoms with van der Waals surface area (Å²) in [7, 11) is 0. The van der Waals surface area contributed by atoms with Gasteiger partial charge in [-0.2, -0.15) is 0 Å². The van der Waals surface area contributed by atoms with Gasteiger partial charge in [-0.15, -0.1) is 0 Å². The highest BCUT2D eigenvalue weighted by atomic mass is 16.2. The molecule has 0 aliphatic heterocycles. The van der Waals surface area contributed by atoms with Crippen LogP contribution in [-0.4, -0.2) is 32.9 Å². The molecule has 5 nitrogen and oxygen atoms in total. The van der Waals surface area contributed by atoms with Crippen molar-refractivity contribution in [2.75, 3.05) is 5.32 Å². The third-order valence-corrected chi connectivity index (χ3v) is 7.83. The van der Waals surface area contributed by atoms with Crippen molar-refractivity contribution < 1.29 is 4.79 Å². The Kier molecular flexibility index (Phi) is 6.17. The van der Waals surface area contributed by atoms with Crippen LogP contribution in [0.5, 0.6) is 0 Å². The number of carbonyl (C=O) groups is 1. The van der Waals surface area contributed by atoms with Gasteiger partial charge < -0.3 is 10.2 Å². The van der Waals surface area contributed by atoms with Crippen molar-refractivity contribution in [2.24, 2.45) is 5.92 Å². The van der Waals surface area contributed by atoms with Crippen LogP contribution in [0.1, 0.15) is 75.6 Å².